The maximum atomic E-state index is 7.03. The van der Waals surface area contributed by atoms with Gasteiger partial charge in [-0.3, -0.25) is 0 Å². The van der Waals surface area contributed by atoms with Crippen LogP contribution in [0.25, 0.3) is 67.5 Å². The molecule has 0 atom stereocenters. The second-order valence-electron chi connectivity index (χ2n) is 16.1. The number of hydrogen-bond acceptors (Lipinski definition) is 6. The first kappa shape index (κ1) is 37.2. The number of aromatic nitrogens is 3. The molecule has 2 heterocycles. The Morgan fingerprint density at radius 3 is 1.52 bits per heavy atom. The summed E-state index contributed by atoms with van der Waals surface area (Å²) >= 11 is 0. The summed E-state index contributed by atoms with van der Waals surface area (Å²) in [5, 5.41) is 0. The molecule has 0 bridgehead atoms. The Balaban J connectivity index is 0.954. The van der Waals surface area contributed by atoms with Crippen molar-refractivity contribution in [1.29, 1.82) is 0 Å². The molecule has 1 aliphatic carbocycles. The van der Waals surface area contributed by atoms with E-state index in [1.54, 1.807) is 0 Å². The highest BCUT2D eigenvalue weighted by molar-refractivity contribution is 5.92. The molecule has 0 unspecified atom stereocenters. The number of rotatable bonds is 7. The summed E-state index contributed by atoms with van der Waals surface area (Å²) in [4.78, 5) is 15.2. The lowest BCUT2D eigenvalue weighted by molar-refractivity contribution is 0.361. The number of hydrogen-bond donors (Lipinski definition) is 1. The van der Waals surface area contributed by atoms with Crippen molar-refractivity contribution in [2.45, 2.75) is 5.41 Å². The van der Waals surface area contributed by atoms with Crippen molar-refractivity contribution >= 4 is 5.69 Å². The third-order valence-corrected chi connectivity index (χ3v) is 12.4. The van der Waals surface area contributed by atoms with Crippen molar-refractivity contribution in [3.63, 3.8) is 0 Å². The van der Waals surface area contributed by atoms with Crippen LogP contribution in [0.2, 0.25) is 0 Å². The zero-order valence-electron chi connectivity index (χ0n) is 34.5. The number of benzene rings is 9. The number of fused-ring (bicyclic) bond motifs is 6. The molecule has 0 saturated heterocycles. The zero-order chi connectivity index (χ0) is 42.6. The molecule has 12 rings (SSSR count). The van der Waals surface area contributed by atoms with Crippen molar-refractivity contribution in [1.82, 2.24) is 15.0 Å². The Labute approximate surface area is 371 Å². The van der Waals surface area contributed by atoms with Gasteiger partial charge in [-0.1, -0.05) is 182 Å². The van der Waals surface area contributed by atoms with Crippen LogP contribution in [-0.4, -0.2) is 15.0 Å². The van der Waals surface area contributed by atoms with Gasteiger partial charge in [0.15, 0.2) is 40.5 Å². The van der Waals surface area contributed by atoms with Crippen LogP contribution in [0.3, 0.4) is 0 Å². The second-order valence-corrected chi connectivity index (χ2v) is 16.1. The highest BCUT2D eigenvalue weighted by Gasteiger charge is 2.48. The van der Waals surface area contributed by atoms with E-state index in [-0.39, 0.29) is 0 Å². The second kappa shape index (κ2) is 15.1. The molecule has 64 heavy (non-hydrogen) atoms. The van der Waals surface area contributed by atoms with E-state index >= 15 is 0 Å². The molecule has 10 aromatic rings. The van der Waals surface area contributed by atoms with Gasteiger partial charge in [0, 0.05) is 33.5 Å². The predicted octanol–water partition coefficient (Wildman–Crippen LogP) is 14.0. The smallest absolute Gasteiger partial charge is 0.178 e. The van der Waals surface area contributed by atoms with Crippen LogP contribution >= 0.6 is 0 Å². The first-order chi connectivity index (χ1) is 31.6. The van der Waals surface area contributed by atoms with E-state index in [1.165, 1.54) is 16.7 Å². The maximum Gasteiger partial charge on any atom is 0.178 e. The summed E-state index contributed by atoms with van der Waals surface area (Å²) in [5.41, 5.74) is 19.7. The molecule has 2 aliphatic rings. The lowest BCUT2D eigenvalue weighted by Gasteiger charge is -2.34. The fraction of sp³-hybridized carbons (Fsp3) is 0.0172. The monoisotopic (exact) mass is 822 g/mol. The number of anilines is 1. The number of nitrogens with two attached hydrogens (primary N) is 1. The largest absolute Gasteiger partial charge is 0.449 e. The standard InChI is InChI=1S/C58H38N4O2/c59-45-27-14-19-39(36-45)38-18-12-21-41(34-38)56-60-55(37-16-4-1-5-17-37)61-57(62-56)42-22-13-20-40(35-42)46-29-15-31-50-53(46)63-51-33-32-49-52(54(51)64-50)47-28-10-11-30-48(47)58(49,43-23-6-2-7-24-43)44-25-8-3-9-26-44/h1-36H,59H2. The first-order valence-electron chi connectivity index (χ1n) is 21.4. The van der Waals surface area contributed by atoms with E-state index in [9.17, 15) is 0 Å². The molecule has 6 heteroatoms. The quantitative estimate of drug-likeness (QED) is 0.161. The van der Waals surface area contributed by atoms with E-state index in [0.29, 0.717) is 46.2 Å². The molecule has 0 amide bonds. The van der Waals surface area contributed by atoms with Crippen LogP contribution in [0.15, 0.2) is 218 Å². The average molecular weight is 823 g/mol. The minimum atomic E-state index is -0.552. The van der Waals surface area contributed by atoms with Crippen LogP contribution < -0.4 is 15.2 Å². The Kier molecular flexibility index (Phi) is 8.76. The van der Waals surface area contributed by atoms with Crippen LogP contribution in [0.1, 0.15) is 22.3 Å². The van der Waals surface area contributed by atoms with Gasteiger partial charge in [-0.2, -0.15) is 0 Å². The van der Waals surface area contributed by atoms with Gasteiger partial charge < -0.3 is 15.2 Å². The lowest BCUT2D eigenvalue weighted by Crippen LogP contribution is -2.28. The Hall–Kier alpha value is -8.61. The first-order valence-corrected chi connectivity index (χ1v) is 21.4. The van der Waals surface area contributed by atoms with E-state index in [0.717, 1.165) is 55.6 Å². The Morgan fingerprint density at radius 1 is 0.344 bits per heavy atom. The minimum Gasteiger partial charge on any atom is -0.449 e. The van der Waals surface area contributed by atoms with Gasteiger partial charge >= 0.3 is 0 Å². The van der Waals surface area contributed by atoms with E-state index in [2.05, 4.69) is 133 Å². The van der Waals surface area contributed by atoms with Crippen molar-refractivity contribution in [3.05, 3.63) is 241 Å². The highest BCUT2D eigenvalue weighted by Crippen LogP contribution is 2.62. The lowest BCUT2D eigenvalue weighted by atomic mass is 9.68. The minimum absolute atomic E-state index is 0.552. The third kappa shape index (κ3) is 6.07. The van der Waals surface area contributed by atoms with Gasteiger partial charge in [-0.25, -0.2) is 15.0 Å². The van der Waals surface area contributed by atoms with Gasteiger partial charge in [0.05, 0.1) is 5.41 Å². The summed E-state index contributed by atoms with van der Waals surface area (Å²) < 4.78 is 14.0. The molecule has 0 fully saturated rings. The van der Waals surface area contributed by atoms with Crippen LogP contribution in [0.5, 0.6) is 23.0 Å². The Morgan fingerprint density at radius 2 is 0.828 bits per heavy atom. The van der Waals surface area contributed by atoms with E-state index < -0.39 is 5.41 Å². The van der Waals surface area contributed by atoms with Crippen LogP contribution in [-0.2, 0) is 5.41 Å². The molecular formula is C58H38N4O2. The topological polar surface area (TPSA) is 83.2 Å². The van der Waals surface area contributed by atoms with Crippen LogP contribution in [0, 0.1) is 0 Å². The van der Waals surface area contributed by atoms with Crippen molar-refractivity contribution in [3.8, 4) is 90.5 Å². The van der Waals surface area contributed by atoms with Gasteiger partial charge in [-0.15, -0.1) is 0 Å². The molecule has 0 radical (unpaired) electrons. The fourth-order valence-corrected chi connectivity index (χ4v) is 9.54. The molecule has 302 valence electrons. The van der Waals surface area contributed by atoms with E-state index in [4.69, 9.17) is 30.2 Å². The maximum absolute atomic E-state index is 7.03. The number of nitrogens with zero attached hydrogens (tertiary/aromatic N) is 3. The summed E-state index contributed by atoms with van der Waals surface area (Å²) in [6, 6.07) is 75.0. The van der Waals surface area contributed by atoms with Crippen molar-refractivity contribution in [2.24, 2.45) is 0 Å². The Bertz CT molecular complexity index is 3370. The normalized spacial score (nSPS) is 12.8. The summed E-state index contributed by atoms with van der Waals surface area (Å²) in [7, 11) is 0. The highest BCUT2D eigenvalue weighted by atomic mass is 16.6. The zero-order valence-corrected chi connectivity index (χ0v) is 34.5. The van der Waals surface area contributed by atoms with Gasteiger partial charge in [0.1, 0.15) is 0 Å². The molecule has 0 saturated carbocycles. The summed E-state index contributed by atoms with van der Waals surface area (Å²) in [6.45, 7) is 0. The summed E-state index contributed by atoms with van der Waals surface area (Å²) in [5.74, 6) is 4.38. The summed E-state index contributed by atoms with van der Waals surface area (Å²) in [6.07, 6.45) is 0. The third-order valence-electron chi connectivity index (χ3n) is 12.4. The van der Waals surface area contributed by atoms with Gasteiger partial charge in [-0.05, 0) is 80.9 Å². The fourth-order valence-electron chi connectivity index (χ4n) is 9.54. The average Bonchev–Trinajstić information content (AvgIpc) is 3.68. The molecule has 2 N–H and O–H groups in total. The van der Waals surface area contributed by atoms with Crippen LogP contribution in [0.4, 0.5) is 5.69 Å². The molecule has 6 nitrogen and oxygen atoms in total. The van der Waals surface area contributed by atoms with Gasteiger partial charge in [0.2, 0.25) is 0 Å². The van der Waals surface area contributed by atoms with Crippen molar-refractivity contribution < 1.29 is 9.47 Å². The molecule has 0 spiro atoms. The SMILES string of the molecule is Nc1cccc(-c2cccc(-c3nc(-c4ccccc4)nc(-c4cccc(-c5cccc6c5Oc5ccc7c(c5O6)-c5ccccc5C7(c5ccccc5)c5ccccc5)c4)n3)c2)c1. The molecule has 9 aromatic carbocycles. The van der Waals surface area contributed by atoms with Crippen molar-refractivity contribution in [2.75, 3.05) is 5.73 Å². The molecular weight excluding hydrogens is 785 g/mol. The number of ether oxygens (including phenoxy) is 2. The number of nitrogen functional groups attached to an aromatic ring is 1. The molecule has 1 aliphatic heterocycles. The molecule has 1 aromatic heterocycles. The number of para-hydroxylation sites is 1. The van der Waals surface area contributed by atoms with E-state index in [1.807, 2.05) is 84.9 Å². The predicted molar refractivity (Wildman–Crippen MR) is 255 cm³/mol. The van der Waals surface area contributed by atoms with Gasteiger partial charge in [0.25, 0.3) is 0 Å².